The van der Waals surface area contributed by atoms with Crippen molar-refractivity contribution >= 4 is 5.57 Å². The Morgan fingerprint density at radius 2 is 1.65 bits per heavy atom. The Balaban J connectivity index is 2.53. The summed E-state index contributed by atoms with van der Waals surface area (Å²) in [6, 6.07) is 15.3. The van der Waals surface area contributed by atoms with Gasteiger partial charge in [0.2, 0.25) is 0 Å². The van der Waals surface area contributed by atoms with Crippen LogP contribution in [0.3, 0.4) is 0 Å². The molecule has 0 spiro atoms. The van der Waals surface area contributed by atoms with Gasteiger partial charge in [0.05, 0.1) is 26.9 Å². The first-order valence-corrected chi connectivity index (χ1v) is 7.28. The summed E-state index contributed by atoms with van der Waals surface area (Å²) in [4.78, 5) is 0. The molecule has 4 nitrogen and oxygen atoms in total. The third kappa shape index (κ3) is 4.04. The molecule has 0 unspecified atom stereocenters. The average Bonchev–Trinajstić information content (AvgIpc) is 2.59. The predicted molar refractivity (Wildman–Crippen MR) is 89.8 cm³/mol. The van der Waals surface area contributed by atoms with Gasteiger partial charge in [-0.05, 0) is 47.9 Å². The van der Waals surface area contributed by atoms with Crippen LogP contribution in [0.4, 0.5) is 0 Å². The molecule has 0 radical (unpaired) electrons. The normalized spacial score (nSPS) is 10.8. The number of rotatable bonds is 6. The molecule has 2 aromatic carbocycles. The number of hydrogen-bond acceptors (Lipinski definition) is 4. The van der Waals surface area contributed by atoms with Crippen molar-refractivity contribution in [3.63, 3.8) is 0 Å². The highest BCUT2D eigenvalue weighted by molar-refractivity contribution is 5.82. The molecule has 0 aliphatic rings. The van der Waals surface area contributed by atoms with Crippen LogP contribution in [0.1, 0.15) is 18.1 Å². The maximum absolute atomic E-state index is 9.16. The van der Waals surface area contributed by atoms with Gasteiger partial charge < -0.3 is 14.2 Å². The fourth-order valence-corrected chi connectivity index (χ4v) is 2.28. The van der Waals surface area contributed by atoms with Gasteiger partial charge in [-0.1, -0.05) is 12.1 Å². The molecule has 0 atom stereocenters. The Hall–Kier alpha value is -2.93. The van der Waals surface area contributed by atoms with Gasteiger partial charge >= 0.3 is 0 Å². The first kappa shape index (κ1) is 16.4. The number of nitrogens with zero attached hydrogens (tertiary/aromatic N) is 1. The standard InChI is InChI=1S/C19H19NO3/c1-4-23-16-7-5-6-14(10-16)19(8-9-20)15-11-17(21-2)13-18(12-15)22-3/h5-8,10-13H,4H2,1-3H3/b19-8+. The third-order valence-electron chi connectivity index (χ3n) is 3.33. The summed E-state index contributed by atoms with van der Waals surface area (Å²) in [5, 5.41) is 9.16. The summed E-state index contributed by atoms with van der Waals surface area (Å²) in [7, 11) is 3.20. The maximum atomic E-state index is 9.16. The molecule has 0 saturated heterocycles. The van der Waals surface area contributed by atoms with Crippen molar-refractivity contribution in [3.05, 3.63) is 59.7 Å². The molecule has 0 N–H and O–H groups in total. The summed E-state index contributed by atoms with van der Waals surface area (Å²) < 4.78 is 16.2. The first-order chi connectivity index (χ1) is 11.2. The molecular formula is C19H19NO3. The highest BCUT2D eigenvalue weighted by Gasteiger charge is 2.10. The number of methoxy groups -OCH3 is 2. The zero-order valence-corrected chi connectivity index (χ0v) is 13.5. The first-order valence-electron chi connectivity index (χ1n) is 7.28. The maximum Gasteiger partial charge on any atom is 0.123 e. The Bertz CT molecular complexity index is 722. The number of nitriles is 1. The zero-order valence-electron chi connectivity index (χ0n) is 13.5. The third-order valence-corrected chi connectivity index (χ3v) is 3.33. The lowest BCUT2D eigenvalue weighted by Crippen LogP contribution is -1.95. The quantitative estimate of drug-likeness (QED) is 0.755. The molecule has 118 valence electrons. The Morgan fingerprint density at radius 1 is 1.00 bits per heavy atom. The van der Waals surface area contributed by atoms with Crippen LogP contribution in [0.5, 0.6) is 17.2 Å². The number of benzene rings is 2. The smallest absolute Gasteiger partial charge is 0.123 e. The molecule has 0 heterocycles. The van der Waals surface area contributed by atoms with Crippen LogP contribution >= 0.6 is 0 Å². The molecule has 0 aliphatic heterocycles. The minimum Gasteiger partial charge on any atom is -0.497 e. The fourth-order valence-electron chi connectivity index (χ4n) is 2.28. The largest absolute Gasteiger partial charge is 0.497 e. The van der Waals surface area contributed by atoms with Crippen molar-refractivity contribution in [3.8, 4) is 23.3 Å². The molecule has 4 heteroatoms. The Kier molecular flexibility index (Phi) is 5.65. The van der Waals surface area contributed by atoms with Gasteiger partial charge in [0, 0.05) is 12.1 Å². The predicted octanol–water partition coefficient (Wildman–Crippen LogP) is 4.06. The van der Waals surface area contributed by atoms with Gasteiger partial charge in [0.15, 0.2) is 0 Å². The molecular weight excluding hydrogens is 290 g/mol. The minimum atomic E-state index is 0.591. The zero-order chi connectivity index (χ0) is 16.7. The summed E-state index contributed by atoms with van der Waals surface area (Å²) in [5.74, 6) is 2.11. The van der Waals surface area contributed by atoms with E-state index in [1.54, 1.807) is 20.3 Å². The van der Waals surface area contributed by atoms with E-state index in [0.717, 1.165) is 22.4 Å². The number of hydrogen-bond donors (Lipinski definition) is 0. The second-order valence-corrected chi connectivity index (χ2v) is 4.75. The van der Waals surface area contributed by atoms with E-state index in [0.29, 0.717) is 18.1 Å². The fraction of sp³-hybridized carbons (Fsp3) is 0.211. The lowest BCUT2D eigenvalue weighted by molar-refractivity contribution is 0.340. The van der Waals surface area contributed by atoms with Gasteiger partial charge in [0.25, 0.3) is 0 Å². The van der Waals surface area contributed by atoms with E-state index in [1.165, 1.54) is 6.08 Å². The number of allylic oxidation sites excluding steroid dienone is 1. The van der Waals surface area contributed by atoms with Crippen molar-refractivity contribution in [1.82, 2.24) is 0 Å². The highest BCUT2D eigenvalue weighted by atomic mass is 16.5. The lowest BCUT2D eigenvalue weighted by atomic mass is 9.97. The van der Waals surface area contributed by atoms with Crippen LogP contribution in [0, 0.1) is 11.3 Å². The highest BCUT2D eigenvalue weighted by Crippen LogP contribution is 2.32. The second kappa shape index (κ2) is 7.90. The van der Waals surface area contributed by atoms with E-state index >= 15 is 0 Å². The van der Waals surface area contributed by atoms with E-state index in [4.69, 9.17) is 19.5 Å². The topological polar surface area (TPSA) is 51.5 Å². The molecule has 0 bridgehead atoms. The molecule has 0 saturated carbocycles. The average molecular weight is 309 g/mol. The summed E-state index contributed by atoms with van der Waals surface area (Å²) in [6.45, 7) is 2.53. The number of ether oxygens (including phenoxy) is 3. The molecule has 0 fully saturated rings. The van der Waals surface area contributed by atoms with Gasteiger partial charge in [0.1, 0.15) is 17.2 Å². The van der Waals surface area contributed by atoms with Crippen molar-refractivity contribution < 1.29 is 14.2 Å². The lowest BCUT2D eigenvalue weighted by Gasteiger charge is -2.12. The minimum absolute atomic E-state index is 0.591. The summed E-state index contributed by atoms with van der Waals surface area (Å²) in [6.07, 6.45) is 1.51. The summed E-state index contributed by atoms with van der Waals surface area (Å²) in [5.41, 5.74) is 2.52. The Labute approximate surface area is 136 Å². The van der Waals surface area contributed by atoms with E-state index < -0.39 is 0 Å². The summed E-state index contributed by atoms with van der Waals surface area (Å²) >= 11 is 0. The van der Waals surface area contributed by atoms with Crippen LogP contribution in [0.15, 0.2) is 48.5 Å². The van der Waals surface area contributed by atoms with Gasteiger partial charge in [-0.3, -0.25) is 0 Å². The van der Waals surface area contributed by atoms with Gasteiger partial charge in [-0.15, -0.1) is 0 Å². The van der Waals surface area contributed by atoms with Gasteiger partial charge in [-0.25, -0.2) is 0 Å². The van der Waals surface area contributed by atoms with Crippen molar-refractivity contribution in [2.45, 2.75) is 6.92 Å². The van der Waals surface area contributed by atoms with Crippen molar-refractivity contribution in [1.29, 1.82) is 5.26 Å². The SMILES string of the molecule is CCOc1cccc(/C(=C\C#N)c2cc(OC)cc(OC)c2)c1. The van der Waals surface area contributed by atoms with Crippen LogP contribution in [-0.2, 0) is 0 Å². The van der Waals surface area contributed by atoms with E-state index in [9.17, 15) is 0 Å². The van der Waals surface area contributed by atoms with E-state index in [2.05, 4.69) is 6.07 Å². The van der Waals surface area contributed by atoms with Crippen molar-refractivity contribution in [2.24, 2.45) is 0 Å². The molecule has 2 aromatic rings. The Morgan fingerprint density at radius 3 is 2.22 bits per heavy atom. The van der Waals surface area contributed by atoms with Crippen LogP contribution in [-0.4, -0.2) is 20.8 Å². The van der Waals surface area contributed by atoms with Gasteiger partial charge in [-0.2, -0.15) is 5.26 Å². The molecule has 2 rings (SSSR count). The van der Waals surface area contributed by atoms with Crippen LogP contribution in [0.25, 0.3) is 5.57 Å². The van der Waals surface area contributed by atoms with E-state index in [-0.39, 0.29) is 0 Å². The van der Waals surface area contributed by atoms with Crippen LogP contribution < -0.4 is 14.2 Å². The monoisotopic (exact) mass is 309 g/mol. The van der Waals surface area contributed by atoms with E-state index in [1.807, 2.05) is 43.3 Å². The molecule has 0 aliphatic carbocycles. The molecule has 0 amide bonds. The molecule has 23 heavy (non-hydrogen) atoms. The molecule has 0 aromatic heterocycles. The van der Waals surface area contributed by atoms with Crippen LogP contribution in [0.2, 0.25) is 0 Å². The van der Waals surface area contributed by atoms with Crippen molar-refractivity contribution in [2.75, 3.05) is 20.8 Å². The second-order valence-electron chi connectivity index (χ2n) is 4.75.